The summed E-state index contributed by atoms with van der Waals surface area (Å²) < 4.78 is 47.8. The van der Waals surface area contributed by atoms with Gasteiger partial charge in [-0.05, 0) is 86.9 Å². The summed E-state index contributed by atoms with van der Waals surface area (Å²) in [6, 6.07) is 18.6. The van der Waals surface area contributed by atoms with Crippen LogP contribution in [0, 0.1) is 16.7 Å². The third kappa shape index (κ3) is 5.01. The molecule has 1 aliphatic rings. The Kier molecular flexibility index (Phi) is 6.60. The quantitative estimate of drug-likeness (QED) is 0.193. The molecule has 42 heavy (non-hydrogen) atoms. The molecule has 6 rings (SSSR count). The predicted octanol–water partition coefficient (Wildman–Crippen LogP) is 11.2. The molecule has 0 saturated heterocycles. The minimum absolute atomic E-state index is 0.0192. The minimum Gasteiger partial charge on any atom is -0.456 e. The number of hydrogen-bond acceptors (Lipinski definition) is 2. The van der Waals surface area contributed by atoms with Gasteiger partial charge in [-0.2, -0.15) is 13.2 Å². The molecule has 0 bridgehead atoms. The number of benzene rings is 4. The van der Waals surface area contributed by atoms with Crippen LogP contribution in [-0.4, -0.2) is 11.2 Å². The fourth-order valence-electron chi connectivity index (χ4n) is 6.35. The number of hydrogen-bond donors (Lipinski definition) is 0. The summed E-state index contributed by atoms with van der Waals surface area (Å²) in [6.07, 6.45) is -0.702. The van der Waals surface area contributed by atoms with Crippen molar-refractivity contribution in [3.05, 3.63) is 77.5 Å². The first kappa shape index (κ1) is 28.5. The number of halogens is 3. The maximum atomic E-state index is 13.7. The lowest BCUT2D eigenvalue weighted by Gasteiger charge is -2.28. The van der Waals surface area contributed by atoms with E-state index in [4.69, 9.17) is 9.72 Å². The number of pyridine rings is 1. The van der Waals surface area contributed by atoms with Crippen LogP contribution in [0.15, 0.2) is 60.8 Å². The van der Waals surface area contributed by atoms with Crippen LogP contribution in [0.2, 0.25) is 0 Å². The van der Waals surface area contributed by atoms with Gasteiger partial charge in [0.15, 0.2) is 0 Å². The third-order valence-corrected chi connectivity index (χ3v) is 8.38. The Hall–Kier alpha value is -3.60. The fourth-order valence-corrected chi connectivity index (χ4v) is 6.35. The summed E-state index contributed by atoms with van der Waals surface area (Å²) in [6.45, 7) is 13.7. The van der Waals surface area contributed by atoms with Crippen molar-refractivity contribution in [2.24, 2.45) is 16.7 Å². The van der Waals surface area contributed by atoms with Crippen LogP contribution < -0.4 is 4.74 Å². The van der Waals surface area contributed by atoms with Gasteiger partial charge in [0.1, 0.15) is 11.5 Å². The normalized spacial score (nSPS) is 13.7. The maximum absolute atomic E-state index is 13.7. The summed E-state index contributed by atoms with van der Waals surface area (Å²) in [7, 11) is 0. The Morgan fingerprint density at radius 1 is 0.762 bits per heavy atom. The molecule has 0 amide bonds. The van der Waals surface area contributed by atoms with Gasteiger partial charge < -0.3 is 4.74 Å². The van der Waals surface area contributed by atoms with Crippen molar-refractivity contribution in [2.75, 3.05) is 0 Å². The zero-order valence-corrected chi connectivity index (χ0v) is 25.5. The van der Waals surface area contributed by atoms with Gasteiger partial charge in [0, 0.05) is 17.3 Å². The van der Waals surface area contributed by atoms with E-state index in [2.05, 4.69) is 58.9 Å². The molecule has 0 fully saturated rings. The molecule has 2 heterocycles. The van der Waals surface area contributed by atoms with E-state index < -0.39 is 11.6 Å². The van der Waals surface area contributed by atoms with Crippen LogP contribution in [-0.2, 0) is 19.3 Å². The molecule has 1 aliphatic heterocycles. The van der Waals surface area contributed by atoms with Crippen molar-refractivity contribution in [3.8, 4) is 22.8 Å². The lowest BCUT2D eigenvalue weighted by molar-refractivity contribution is -0.211. The molecule has 0 radical (unpaired) electrons. The van der Waals surface area contributed by atoms with Crippen molar-refractivity contribution in [2.45, 2.75) is 73.9 Å². The maximum Gasteiger partial charge on any atom is 0.394 e. The van der Waals surface area contributed by atoms with Crippen LogP contribution in [0.3, 0.4) is 0 Å². The first-order chi connectivity index (χ1) is 19.6. The highest BCUT2D eigenvalue weighted by molar-refractivity contribution is 6.16. The molecular weight excluding hydrogens is 531 g/mol. The second kappa shape index (κ2) is 9.72. The second-order valence-electron chi connectivity index (χ2n) is 14.3. The van der Waals surface area contributed by atoms with Gasteiger partial charge in [0.25, 0.3) is 0 Å². The Bertz CT molecular complexity index is 1860. The average molecular weight is 570 g/mol. The SMILES string of the molecule is CC(C)Cc1ccc2c(CC(C)(C)C)c3c(cc2c1)-c1nccc2c1c(cc1cc(CC(C)(C)C(F)(F)F)ccc12)O3. The highest BCUT2D eigenvalue weighted by atomic mass is 19.4. The second-order valence-corrected chi connectivity index (χ2v) is 14.3. The average Bonchev–Trinajstić information content (AvgIpc) is 2.87. The standard InChI is InChI=1S/C37H38F3NO/c1-21(2)14-22-8-10-27-24(15-22)17-29-33-32-28(12-13-41-33)26-11-9-23(19-36(6,7)37(38,39)40)16-25(26)18-31(32)42-34(29)30(27)20-35(3,4)5/h8-13,15-18,21H,14,19-20H2,1-7H3. The first-order valence-corrected chi connectivity index (χ1v) is 14.8. The molecule has 0 spiro atoms. The van der Waals surface area contributed by atoms with E-state index in [-0.39, 0.29) is 11.8 Å². The summed E-state index contributed by atoms with van der Waals surface area (Å²) in [5.74, 6) is 2.09. The van der Waals surface area contributed by atoms with Crippen LogP contribution in [0.25, 0.3) is 43.6 Å². The van der Waals surface area contributed by atoms with Crippen LogP contribution in [0.4, 0.5) is 13.2 Å². The molecule has 0 N–H and O–H groups in total. The molecule has 2 nitrogen and oxygen atoms in total. The number of nitrogens with zero attached hydrogens (tertiary/aromatic N) is 1. The number of aromatic nitrogens is 1. The molecule has 1 aromatic heterocycles. The highest BCUT2D eigenvalue weighted by Gasteiger charge is 2.47. The van der Waals surface area contributed by atoms with Crippen molar-refractivity contribution < 1.29 is 17.9 Å². The number of alkyl halides is 3. The van der Waals surface area contributed by atoms with Gasteiger partial charge in [0.2, 0.25) is 0 Å². The van der Waals surface area contributed by atoms with Crippen LogP contribution >= 0.6 is 0 Å². The molecule has 218 valence electrons. The zero-order chi connectivity index (χ0) is 30.2. The molecular formula is C37H38F3NO. The number of rotatable bonds is 5. The molecule has 0 atom stereocenters. The van der Waals surface area contributed by atoms with E-state index >= 15 is 0 Å². The third-order valence-electron chi connectivity index (χ3n) is 8.38. The van der Waals surface area contributed by atoms with Crippen molar-refractivity contribution in [1.29, 1.82) is 0 Å². The summed E-state index contributed by atoms with van der Waals surface area (Å²) in [5.41, 5.74) is 3.21. The van der Waals surface area contributed by atoms with Gasteiger partial charge in [-0.25, -0.2) is 0 Å². The fraction of sp³-hybridized carbons (Fsp3) is 0.378. The minimum atomic E-state index is -4.29. The van der Waals surface area contributed by atoms with Gasteiger partial charge in [0.05, 0.1) is 16.5 Å². The van der Waals surface area contributed by atoms with E-state index in [0.717, 1.165) is 57.0 Å². The van der Waals surface area contributed by atoms with E-state index in [1.54, 1.807) is 0 Å². The van der Waals surface area contributed by atoms with E-state index in [9.17, 15) is 13.2 Å². The Labute approximate surface area is 245 Å². The Morgan fingerprint density at radius 2 is 1.43 bits per heavy atom. The highest BCUT2D eigenvalue weighted by Crippen LogP contribution is 2.52. The summed E-state index contributed by atoms with van der Waals surface area (Å²) in [4.78, 5) is 4.89. The van der Waals surface area contributed by atoms with Crippen LogP contribution in [0.1, 0.15) is 65.2 Å². The molecule has 0 saturated carbocycles. The molecule has 0 aliphatic carbocycles. The van der Waals surface area contributed by atoms with Gasteiger partial charge >= 0.3 is 6.18 Å². The lowest BCUT2D eigenvalue weighted by Crippen LogP contribution is -2.34. The van der Waals surface area contributed by atoms with E-state index in [0.29, 0.717) is 17.2 Å². The largest absolute Gasteiger partial charge is 0.456 e. The summed E-state index contributed by atoms with van der Waals surface area (Å²) in [5, 5.41) is 6.16. The van der Waals surface area contributed by atoms with Crippen molar-refractivity contribution in [1.82, 2.24) is 4.98 Å². The Morgan fingerprint density at radius 3 is 2.12 bits per heavy atom. The van der Waals surface area contributed by atoms with Gasteiger partial charge in [-0.1, -0.05) is 84.9 Å². The lowest BCUT2D eigenvalue weighted by atomic mass is 9.82. The first-order valence-electron chi connectivity index (χ1n) is 14.8. The molecule has 0 unspecified atom stereocenters. The van der Waals surface area contributed by atoms with E-state index in [1.165, 1.54) is 30.2 Å². The van der Waals surface area contributed by atoms with Crippen molar-refractivity contribution in [3.63, 3.8) is 0 Å². The number of ether oxygens (including phenoxy) is 1. The van der Waals surface area contributed by atoms with Gasteiger partial charge in [-0.3, -0.25) is 4.98 Å². The zero-order valence-electron chi connectivity index (χ0n) is 25.5. The smallest absolute Gasteiger partial charge is 0.394 e. The predicted molar refractivity (Wildman–Crippen MR) is 168 cm³/mol. The van der Waals surface area contributed by atoms with E-state index in [1.807, 2.05) is 36.5 Å². The number of fused-ring (bicyclic) bond motifs is 5. The molecule has 5 heteroatoms. The molecule has 4 aromatic carbocycles. The monoisotopic (exact) mass is 569 g/mol. The van der Waals surface area contributed by atoms with Crippen LogP contribution in [0.5, 0.6) is 11.5 Å². The topological polar surface area (TPSA) is 22.1 Å². The summed E-state index contributed by atoms with van der Waals surface area (Å²) >= 11 is 0. The molecule has 5 aromatic rings. The van der Waals surface area contributed by atoms with Crippen molar-refractivity contribution >= 4 is 32.3 Å². The van der Waals surface area contributed by atoms with Gasteiger partial charge in [-0.15, -0.1) is 0 Å². The Balaban J connectivity index is 1.57.